The summed E-state index contributed by atoms with van der Waals surface area (Å²) in [5.41, 5.74) is -0.747. The molecule has 0 aromatic rings. The molecule has 0 aromatic heterocycles. The fourth-order valence-electron chi connectivity index (χ4n) is 2.29. The van der Waals surface area contributed by atoms with Crippen LogP contribution in [0, 0.1) is 18.3 Å². The van der Waals surface area contributed by atoms with Crippen molar-refractivity contribution < 1.29 is 9.59 Å². The zero-order chi connectivity index (χ0) is 14.1. The summed E-state index contributed by atoms with van der Waals surface area (Å²) < 4.78 is 0. The van der Waals surface area contributed by atoms with Crippen LogP contribution >= 0.6 is 0 Å². The van der Waals surface area contributed by atoms with E-state index in [0.717, 1.165) is 0 Å². The first kappa shape index (κ1) is 14.6. The molecule has 1 N–H and O–H groups in total. The molecule has 0 saturated carbocycles. The maximum atomic E-state index is 12.4. The van der Waals surface area contributed by atoms with Gasteiger partial charge in [0.1, 0.15) is 12.1 Å². The first-order valence-corrected chi connectivity index (χ1v) is 6.32. The highest BCUT2D eigenvalue weighted by molar-refractivity contribution is 5.97. The van der Waals surface area contributed by atoms with E-state index >= 15 is 0 Å². The molecule has 0 spiro atoms. The summed E-state index contributed by atoms with van der Waals surface area (Å²) in [5.74, 6) is 2.71. The molecule has 1 saturated heterocycles. The summed E-state index contributed by atoms with van der Waals surface area (Å²) in [6, 6.07) is -0.978. The number of nitrogens with one attached hydrogen (secondary N) is 1. The molecule has 1 rings (SSSR count). The van der Waals surface area contributed by atoms with Crippen LogP contribution in [0.1, 0.15) is 41.0 Å². The van der Waals surface area contributed by atoms with Crippen molar-refractivity contribution in [2.75, 3.05) is 0 Å². The lowest BCUT2D eigenvalue weighted by Gasteiger charge is -2.44. The number of nitrogens with zero attached hydrogens (tertiary/aromatic N) is 1. The van der Waals surface area contributed by atoms with Crippen LogP contribution in [0.15, 0.2) is 0 Å². The van der Waals surface area contributed by atoms with Gasteiger partial charge in [-0.15, -0.1) is 6.42 Å². The highest BCUT2D eigenvalue weighted by Crippen LogP contribution is 2.23. The van der Waals surface area contributed by atoms with Crippen LogP contribution in [0.3, 0.4) is 0 Å². The molecular weight excluding hydrogens is 228 g/mol. The van der Waals surface area contributed by atoms with Gasteiger partial charge in [-0.3, -0.25) is 9.59 Å². The van der Waals surface area contributed by atoms with E-state index in [2.05, 4.69) is 11.2 Å². The first-order chi connectivity index (χ1) is 8.20. The summed E-state index contributed by atoms with van der Waals surface area (Å²) in [4.78, 5) is 25.9. The summed E-state index contributed by atoms with van der Waals surface area (Å²) in [7, 11) is 0. The van der Waals surface area contributed by atoms with Crippen molar-refractivity contribution in [2.24, 2.45) is 5.92 Å². The molecule has 100 valence electrons. The Hall–Kier alpha value is -1.50. The number of rotatable bonds is 3. The van der Waals surface area contributed by atoms with Crippen molar-refractivity contribution in [3.8, 4) is 12.3 Å². The van der Waals surface area contributed by atoms with Crippen LogP contribution < -0.4 is 5.32 Å². The van der Waals surface area contributed by atoms with Gasteiger partial charge in [0.15, 0.2) is 0 Å². The number of carbonyl (C=O) groups excluding carboxylic acids is 2. The Kier molecular flexibility index (Phi) is 4.05. The predicted molar refractivity (Wildman–Crippen MR) is 70.6 cm³/mol. The van der Waals surface area contributed by atoms with Crippen LogP contribution in [0.25, 0.3) is 0 Å². The molecule has 0 aromatic carbocycles. The van der Waals surface area contributed by atoms with E-state index < -0.39 is 17.6 Å². The van der Waals surface area contributed by atoms with Gasteiger partial charge in [0.2, 0.25) is 11.8 Å². The molecule has 0 bridgehead atoms. The Morgan fingerprint density at radius 1 is 1.44 bits per heavy atom. The minimum Gasteiger partial charge on any atom is -0.343 e. The normalized spacial score (nSPS) is 25.1. The first-order valence-electron chi connectivity index (χ1n) is 6.32. The quantitative estimate of drug-likeness (QED) is 0.764. The number of carbonyl (C=O) groups is 2. The predicted octanol–water partition coefficient (Wildman–Crippen LogP) is 1.16. The van der Waals surface area contributed by atoms with E-state index in [-0.39, 0.29) is 11.8 Å². The second-order valence-corrected chi connectivity index (χ2v) is 5.78. The third kappa shape index (κ3) is 2.66. The Bertz CT molecular complexity index is 393. The van der Waals surface area contributed by atoms with E-state index in [1.165, 1.54) is 4.90 Å². The van der Waals surface area contributed by atoms with Crippen LogP contribution in [0.2, 0.25) is 0 Å². The van der Waals surface area contributed by atoms with E-state index in [1.807, 2.05) is 13.8 Å². The van der Waals surface area contributed by atoms with Gasteiger partial charge in [-0.1, -0.05) is 19.8 Å². The van der Waals surface area contributed by atoms with Gasteiger partial charge >= 0.3 is 0 Å². The molecule has 0 aliphatic carbocycles. The van der Waals surface area contributed by atoms with E-state index in [1.54, 1.807) is 20.8 Å². The minimum atomic E-state index is -0.747. The molecule has 0 radical (unpaired) electrons. The smallest absolute Gasteiger partial charge is 0.247 e. The Labute approximate surface area is 109 Å². The van der Waals surface area contributed by atoms with Crippen molar-refractivity contribution in [1.29, 1.82) is 0 Å². The van der Waals surface area contributed by atoms with Crippen LogP contribution in [0.5, 0.6) is 0 Å². The molecule has 2 amide bonds. The van der Waals surface area contributed by atoms with Gasteiger partial charge in [0.05, 0.1) is 5.54 Å². The van der Waals surface area contributed by atoms with E-state index in [9.17, 15) is 9.59 Å². The minimum absolute atomic E-state index is 0.0845. The monoisotopic (exact) mass is 250 g/mol. The molecular formula is C14H22N2O2. The lowest BCUT2D eigenvalue weighted by molar-refractivity contribution is -0.153. The third-order valence-electron chi connectivity index (χ3n) is 3.28. The molecule has 4 heteroatoms. The number of piperazine rings is 1. The fourth-order valence-corrected chi connectivity index (χ4v) is 2.29. The maximum absolute atomic E-state index is 12.4. The highest BCUT2D eigenvalue weighted by atomic mass is 16.2. The highest BCUT2D eigenvalue weighted by Gasteiger charge is 2.44. The van der Waals surface area contributed by atoms with Gasteiger partial charge in [0.25, 0.3) is 0 Å². The molecule has 18 heavy (non-hydrogen) atoms. The average Bonchev–Trinajstić information content (AvgIpc) is 2.25. The number of hydrogen-bond donors (Lipinski definition) is 1. The molecule has 1 aliphatic heterocycles. The van der Waals surface area contributed by atoms with Crippen LogP contribution in [-0.4, -0.2) is 34.3 Å². The molecule has 1 fully saturated rings. The largest absolute Gasteiger partial charge is 0.343 e. The maximum Gasteiger partial charge on any atom is 0.247 e. The third-order valence-corrected chi connectivity index (χ3v) is 3.28. The zero-order valence-corrected chi connectivity index (χ0v) is 11.8. The summed E-state index contributed by atoms with van der Waals surface area (Å²) >= 11 is 0. The Balaban J connectivity index is 3.04. The van der Waals surface area contributed by atoms with Crippen LogP contribution in [-0.2, 0) is 9.59 Å². The van der Waals surface area contributed by atoms with Gasteiger partial charge in [-0.05, 0) is 33.1 Å². The standard InChI is InChI=1S/C14H22N2O2/c1-7-14(5,6)16-10(4)12(17)15-11(13(16)18)8-9(2)3/h1,9-11H,8H2,2-6H3,(H,15,17). The average molecular weight is 250 g/mol. The van der Waals surface area contributed by atoms with Crippen molar-refractivity contribution in [3.63, 3.8) is 0 Å². The summed E-state index contributed by atoms with van der Waals surface area (Å²) in [5, 5.41) is 2.77. The van der Waals surface area contributed by atoms with Gasteiger partial charge < -0.3 is 10.2 Å². The van der Waals surface area contributed by atoms with Crippen molar-refractivity contribution in [2.45, 2.75) is 58.7 Å². The van der Waals surface area contributed by atoms with Gasteiger partial charge in [-0.2, -0.15) is 0 Å². The van der Waals surface area contributed by atoms with E-state index in [4.69, 9.17) is 6.42 Å². The van der Waals surface area contributed by atoms with Crippen LogP contribution in [0.4, 0.5) is 0 Å². The zero-order valence-electron chi connectivity index (χ0n) is 11.8. The number of amides is 2. The molecule has 4 nitrogen and oxygen atoms in total. The van der Waals surface area contributed by atoms with Crippen molar-refractivity contribution in [1.82, 2.24) is 10.2 Å². The lowest BCUT2D eigenvalue weighted by Crippen LogP contribution is -2.67. The number of hydrogen-bond acceptors (Lipinski definition) is 2. The number of terminal acetylenes is 1. The second-order valence-electron chi connectivity index (χ2n) is 5.78. The van der Waals surface area contributed by atoms with Crippen molar-refractivity contribution >= 4 is 11.8 Å². The van der Waals surface area contributed by atoms with Crippen molar-refractivity contribution in [3.05, 3.63) is 0 Å². The summed E-state index contributed by atoms with van der Waals surface area (Å²) in [6.45, 7) is 9.32. The fraction of sp³-hybridized carbons (Fsp3) is 0.714. The van der Waals surface area contributed by atoms with Gasteiger partial charge in [-0.25, -0.2) is 0 Å². The second kappa shape index (κ2) is 5.01. The van der Waals surface area contributed by atoms with E-state index in [0.29, 0.717) is 12.3 Å². The van der Waals surface area contributed by atoms with Gasteiger partial charge in [0, 0.05) is 0 Å². The molecule has 1 heterocycles. The lowest BCUT2D eigenvalue weighted by atomic mass is 9.93. The Morgan fingerprint density at radius 2 is 2.00 bits per heavy atom. The topological polar surface area (TPSA) is 49.4 Å². The molecule has 2 atom stereocenters. The Morgan fingerprint density at radius 3 is 2.44 bits per heavy atom. The SMILES string of the molecule is C#CC(C)(C)N1C(=O)C(CC(C)C)NC(=O)C1C. The molecule has 2 unspecified atom stereocenters. The molecule has 1 aliphatic rings. The summed E-state index contributed by atoms with van der Waals surface area (Å²) in [6.07, 6.45) is 6.11.